The average molecular weight is 275 g/mol. The fraction of sp³-hybridized carbons (Fsp3) is 0.462. The first kappa shape index (κ1) is 15.3. The molecule has 6 heteroatoms. The highest BCUT2D eigenvalue weighted by molar-refractivity contribution is 5.77. The van der Waals surface area contributed by atoms with Crippen LogP contribution in [-0.2, 0) is 11.0 Å². The molecule has 19 heavy (non-hydrogen) atoms. The molecule has 1 amide bonds. The molecule has 0 radical (unpaired) electrons. The third kappa shape index (κ3) is 4.81. The van der Waals surface area contributed by atoms with Gasteiger partial charge in [0.25, 0.3) is 5.91 Å². The summed E-state index contributed by atoms with van der Waals surface area (Å²) in [6, 6.07) is 4.26. The van der Waals surface area contributed by atoms with Crippen molar-refractivity contribution < 1.29 is 22.7 Å². The maximum Gasteiger partial charge on any atom is 0.416 e. The van der Waals surface area contributed by atoms with E-state index in [9.17, 15) is 18.0 Å². The summed E-state index contributed by atoms with van der Waals surface area (Å²) in [5.41, 5.74) is -0.741. The van der Waals surface area contributed by atoms with Gasteiger partial charge in [-0.15, -0.1) is 0 Å². The molecule has 0 aliphatic carbocycles. The molecule has 0 spiro atoms. The van der Waals surface area contributed by atoms with Crippen LogP contribution in [0.4, 0.5) is 13.2 Å². The molecule has 106 valence electrons. The number of benzene rings is 1. The summed E-state index contributed by atoms with van der Waals surface area (Å²) < 4.78 is 42.1. The van der Waals surface area contributed by atoms with Crippen molar-refractivity contribution in [2.24, 2.45) is 0 Å². The Balaban J connectivity index is 2.53. The van der Waals surface area contributed by atoms with Crippen molar-refractivity contribution in [1.29, 1.82) is 0 Å². The lowest BCUT2D eigenvalue weighted by Crippen LogP contribution is -2.31. The Morgan fingerprint density at radius 1 is 1.26 bits per heavy atom. The molecule has 3 nitrogen and oxygen atoms in total. The molecule has 0 N–H and O–H groups in total. The molecule has 1 rings (SSSR count). The smallest absolute Gasteiger partial charge is 0.416 e. The predicted octanol–water partition coefficient (Wildman–Crippen LogP) is 2.95. The Bertz CT molecular complexity index is 415. The van der Waals surface area contributed by atoms with Crippen molar-refractivity contribution in [1.82, 2.24) is 4.90 Å². The van der Waals surface area contributed by atoms with E-state index < -0.39 is 11.7 Å². The van der Waals surface area contributed by atoms with Crippen molar-refractivity contribution in [2.75, 3.05) is 20.2 Å². The lowest BCUT2D eigenvalue weighted by molar-refractivity contribution is -0.137. The first-order chi connectivity index (χ1) is 8.84. The largest absolute Gasteiger partial charge is 0.484 e. The molecule has 1 aromatic rings. The number of carbonyl (C=O) groups excluding carboxylic acids is 1. The van der Waals surface area contributed by atoms with Crippen LogP contribution in [0.2, 0.25) is 0 Å². The maximum atomic E-state index is 12.3. The Morgan fingerprint density at radius 2 is 1.84 bits per heavy atom. The van der Waals surface area contributed by atoms with E-state index in [0.29, 0.717) is 6.54 Å². The number of rotatable bonds is 5. The second-order valence-corrected chi connectivity index (χ2v) is 4.13. The molecule has 0 atom stereocenters. The van der Waals surface area contributed by atoms with Crippen LogP contribution in [0.25, 0.3) is 0 Å². The van der Waals surface area contributed by atoms with Gasteiger partial charge in [0, 0.05) is 13.6 Å². The van der Waals surface area contributed by atoms with Crippen molar-refractivity contribution in [3.05, 3.63) is 29.8 Å². The standard InChI is InChI=1S/C13H16F3NO2/c1-3-8-17(2)12(18)9-19-11-6-4-10(5-7-11)13(14,15)16/h4-7H,3,8-9H2,1-2H3. The molecule has 0 saturated heterocycles. The van der Waals surface area contributed by atoms with Crippen molar-refractivity contribution >= 4 is 5.91 Å². The third-order valence-electron chi connectivity index (χ3n) is 2.53. The van der Waals surface area contributed by atoms with Crippen LogP contribution >= 0.6 is 0 Å². The first-order valence-corrected chi connectivity index (χ1v) is 5.88. The van der Waals surface area contributed by atoms with Gasteiger partial charge in [-0.25, -0.2) is 0 Å². The van der Waals surface area contributed by atoms with Gasteiger partial charge in [0.1, 0.15) is 5.75 Å². The molecular weight excluding hydrogens is 259 g/mol. The summed E-state index contributed by atoms with van der Waals surface area (Å²) in [6.45, 7) is 2.39. The highest BCUT2D eigenvalue weighted by Crippen LogP contribution is 2.30. The summed E-state index contributed by atoms with van der Waals surface area (Å²) in [6.07, 6.45) is -3.53. The van der Waals surface area contributed by atoms with Crippen LogP contribution in [0.3, 0.4) is 0 Å². The summed E-state index contributed by atoms with van der Waals surface area (Å²) in [4.78, 5) is 13.1. The van der Waals surface area contributed by atoms with E-state index in [4.69, 9.17) is 4.74 Å². The van der Waals surface area contributed by atoms with Crippen LogP contribution in [0.15, 0.2) is 24.3 Å². The number of carbonyl (C=O) groups is 1. The van der Waals surface area contributed by atoms with Gasteiger partial charge in [-0.3, -0.25) is 4.79 Å². The minimum Gasteiger partial charge on any atom is -0.484 e. The van der Waals surface area contributed by atoms with Crippen LogP contribution in [0.5, 0.6) is 5.75 Å². The number of alkyl halides is 3. The number of halogens is 3. The van der Waals surface area contributed by atoms with Gasteiger partial charge in [0.2, 0.25) is 0 Å². The summed E-state index contributed by atoms with van der Waals surface area (Å²) in [7, 11) is 1.65. The van der Waals surface area contributed by atoms with Gasteiger partial charge < -0.3 is 9.64 Å². The topological polar surface area (TPSA) is 29.5 Å². The van der Waals surface area contributed by atoms with E-state index >= 15 is 0 Å². The molecule has 0 unspecified atom stereocenters. The van der Waals surface area contributed by atoms with Crippen molar-refractivity contribution in [3.8, 4) is 5.75 Å². The third-order valence-corrected chi connectivity index (χ3v) is 2.53. The monoisotopic (exact) mass is 275 g/mol. The minimum absolute atomic E-state index is 0.179. The average Bonchev–Trinajstić information content (AvgIpc) is 2.35. The van der Waals surface area contributed by atoms with Gasteiger partial charge in [-0.1, -0.05) is 6.92 Å². The van der Waals surface area contributed by atoms with Gasteiger partial charge >= 0.3 is 6.18 Å². The fourth-order valence-corrected chi connectivity index (χ4v) is 1.46. The van der Waals surface area contributed by atoms with E-state index in [-0.39, 0.29) is 18.3 Å². The zero-order valence-corrected chi connectivity index (χ0v) is 10.8. The van der Waals surface area contributed by atoms with E-state index in [1.165, 1.54) is 17.0 Å². The lowest BCUT2D eigenvalue weighted by atomic mass is 10.2. The maximum absolute atomic E-state index is 12.3. The second-order valence-electron chi connectivity index (χ2n) is 4.13. The summed E-state index contributed by atoms with van der Waals surface area (Å²) >= 11 is 0. The molecule has 0 fully saturated rings. The van der Waals surface area contributed by atoms with Gasteiger partial charge in [-0.05, 0) is 30.7 Å². The molecule has 1 aromatic carbocycles. The Labute approximate surface area is 110 Å². The van der Waals surface area contributed by atoms with Crippen molar-refractivity contribution in [3.63, 3.8) is 0 Å². The first-order valence-electron chi connectivity index (χ1n) is 5.88. The van der Waals surface area contributed by atoms with Crippen LogP contribution in [0, 0.1) is 0 Å². The summed E-state index contributed by atoms with van der Waals surface area (Å²) in [5.74, 6) is 0.0352. The molecule has 0 saturated carbocycles. The summed E-state index contributed by atoms with van der Waals surface area (Å²) in [5, 5.41) is 0. The van der Waals surface area contributed by atoms with Crippen LogP contribution in [-0.4, -0.2) is 31.0 Å². The number of nitrogens with zero attached hydrogens (tertiary/aromatic N) is 1. The second kappa shape index (κ2) is 6.45. The zero-order chi connectivity index (χ0) is 14.5. The quantitative estimate of drug-likeness (QED) is 0.827. The normalized spacial score (nSPS) is 11.2. The molecule has 0 bridgehead atoms. The van der Waals surface area contributed by atoms with Gasteiger partial charge in [-0.2, -0.15) is 13.2 Å². The number of ether oxygens (including phenoxy) is 1. The van der Waals surface area contributed by atoms with Gasteiger partial charge in [0.15, 0.2) is 6.61 Å². The molecule has 0 aliphatic rings. The SMILES string of the molecule is CCCN(C)C(=O)COc1ccc(C(F)(F)F)cc1. The van der Waals surface area contributed by atoms with Crippen LogP contribution < -0.4 is 4.74 Å². The van der Waals surface area contributed by atoms with Crippen molar-refractivity contribution in [2.45, 2.75) is 19.5 Å². The molecule has 0 aromatic heterocycles. The van der Waals surface area contributed by atoms with E-state index in [1.807, 2.05) is 6.92 Å². The Kier molecular flexibility index (Phi) is 5.20. The Hall–Kier alpha value is -1.72. The number of hydrogen-bond acceptors (Lipinski definition) is 2. The van der Waals surface area contributed by atoms with E-state index in [0.717, 1.165) is 18.6 Å². The minimum atomic E-state index is -4.37. The zero-order valence-electron chi connectivity index (χ0n) is 10.8. The van der Waals surface area contributed by atoms with Crippen LogP contribution in [0.1, 0.15) is 18.9 Å². The Morgan fingerprint density at radius 3 is 2.32 bits per heavy atom. The highest BCUT2D eigenvalue weighted by atomic mass is 19.4. The highest BCUT2D eigenvalue weighted by Gasteiger charge is 2.30. The fourth-order valence-electron chi connectivity index (χ4n) is 1.46. The molecule has 0 aliphatic heterocycles. The van der Waals surface area contributed by atoms with E-state index in [2.05, 4.69) is 0 Å². The van der Waals surface area contributed by atoms with E-state index in [1.54, 1.807) is 7.05 Å². The van der Waals surface area contributed by atoms with Gasteiger partial charge in [0.05, 0.1) is 5.56 Å². The predicted molar refractivity (Wildman–Crippen MR) is 64.9 cm³/mol. The number of hydrogen-bond donors (Lipinski definition) is 0. The number of amides is 1. The molecular formula is C13H16F3NO2. The lowest BCUT2D eigenvalue weighted by Gasteiger charge is -2.16. The molecule has 0 heterocycles. The number of likely N-dealkylation sites (N-methyl/N-ethyl adjacent to an activating group) is 1.